The van der Waals surface area contributed by atoms with E-state index in [4.69, 9.17) is 10.00 Å². The number of nitriles is 1. The fourth-order valence-corrected chi connectivity index (χ4v) is 2.92. The molecule has 0 saturated heterocycles. The van der Waals surface area contributed by atoms with Gasteiger partial charge in [-0.05, 0) is 25.5 Å². The maximum absolute atomic E-state index is 12.6. The van der Waals surface area contributed by atoms with Gasteiger partial charge < -0.3 is 4.74 Å². The van der Waals surface area contributed by atoms with Crippen molar-refractivity contribution in [1.29, 1.82) is 5.26 Å². The molecule has 0 aliphatic heterocycles. The molecule has 22 heavy (non-hydrogen) atoms. The van der Waals surface area contributed by atoms with Gasteiger partial charge in [-0.25, -0.2) is 17.2 Å². The molecule has 0 saturated carbocycles. The van der Waals surface area contributed by atoms with Gasteiger partial charge in [-0.2, -0.15) is 9.57 Å². The Morgan fingerprint density at radius 1 is 1.36 bits per heavy atom. The molecule has 0 spiro atoms. The molecule has 0 fully saturated rings. The zero-order chi connectivity index (χ0) is 16.8. The number of hydrogen-bond donors (Lipinski definition) is 0. The van der Waals surface area contributed by atoms with Gasteiger partial charge in [0, 0.05) is 5.56 Å². The van der Waals surface area contributed by atoms with E-state index < -0.39 is 22.2 Å². The van der Waals surface area contributed by atoms with Crippen LogP contribution in [0, 0.1) is 11.3 Å². The molecule has 0 amide bonds. The average molecular weight is 332 g/mol. The van der Waals surface area contributed by atoms with E-state index in [1.807, 2.05) is 0 Å². The van der Waals surface area contributed by atoms with E-state index in [-0.39, 0.29) is 30.5 Å². The molecule has 5 nitrogen and oxygen atoms in total. The summed E-state index contributed by atoms with van der Waals surface area (Å²) in [6.45, 7) is 2.87. The topological polar surface area (TPSA) is 70.4 Å². The molecule has 8 heteroatoms. The molecule has 122 valence electrons. The second kappa shape index (κ2) is 8.17. The second-order valence-electron chi connectivity index (χ2n) is 4.91. The third-order valence-corrected chi connectivity index (χ3v) is 4.46. The van der Waals surface area contributed by atoms with Crippen LogP contribution in [0.3, 0.4) is 0 Å². The van der Waals surface area contributed by atoms with E-state index in [9.17, 15) is 17.2 Å². The highest BCUT2D eigenvalue weighted by molar-refractivity contribution is 7.88. The van der Waals surface area contributed by atoms with Crippen LogP contribution in [-0.2, 0) is 20.5 Å². The Balaban J connectivity index is 2.91. The van der Waals surface area contributed by atoms with Gasteiger partial charge in [-0.15, -0.1) is 0 Å². The molecule has 0 bridgehead atoms. The zero-order valence-electron chi connectivity index (χ0n) is 12.4. The van der Waals surface area contributed by atoms with E-state index in [2.05, 4.69) is 0 Å². The first-order valence-corrected chi connectivity index (χ1v) is 8.20. The van der Waals surface area contributed by atoms with Crippen molar-refractivity contribution < 1.29 is 21.9 Å². The molecule has 1 aromatic carbocycles. The molecular formula is C14H18F2N2O3S. The summed E-state index contributed by atoms with van der Waals surface area (Å²) in [5.74, 6) is -0.462. The number of benzene rings is 1. The number of halogens is 2. The molecule has 1 aromatic rings. The van der Waals surface area contributed by atoms with Crippen LogP contribution in [0.4, 0.5) is 8.78 Å². The number of nitrogens with zero attached hydrogens (tertiary/aromatic N) is 2. The van der Waals surface area contributed by atoms with Gasteiger partial charge in [0.25, 0.3) is 6.43 Å². The molecule has 0 atom stereocenters. The minimum atomic E-state index is -3.83. The van der Waals surface area contributed by atoms with E-state index in [1.165, 1.54) is 18.2 Å². The molecule has 0 aliphatic rings. The highest BCUT2D eigenvalue weighted by Crippen LogP contribution is 2.21. The van der Waals surface area contributed by atoms with Crippen LogP contribution in [0.5, 0.6) is 0 Å². The van der Waals surface area contributed by atoms with Crippen molar-refractivity contribution in [2.75, 3.05) is 13.3 Å². The molecule has 0 heterocycles. The maximum atomic E-state index is 12.6. The summed E-state index contributed by atoms with van der Waals surface area (Å²) in [7, 11) is -3.83. The quantitative estimate of drug-likeness (QED) is 0.542. The third kappa shape index (κ3) is 5.67. The Hall–Kier alpha value is -1.56. The van der Waals surface area contributed by atoms with Crippen LogP contribution in [-0.4, -0.2) is 32.1 Å². The Morgan fingerprint density at radius 2 is 2.05 bits per heavy atom. The molecule has 0 aliphatic carbocycles. The van der Waals surface area contributed by atoms with Crippen LogP contribution in [0.2, 0.25) is 0 Å². The largest absolute Gasteiger partial charge is 0.362 e. The maximum Gasteiger partial charge on any atom is 0.263 e. The van der Waals surface area contributed by atoms with Crippen LogP contribution >= 0.6 is 0 Å². The summed E-state index contributed by atoms with van der Waals surface area (Å²) in [6.07, 6.45) is -2.86. The average Bonchev–Trinajstić information content (AvgIpc) is 2.42. The predicted molar refractivity (Wildman–Crippen MR) is 77.4 cm³/mol. The van der Waals surface area contributed by atoms with E-state index >= 15 is 0 Å². The van der Waals surface area contributed by atoms with Crippen molar-refractivity contribution in [3.63, 3.8) is 0 Å². The van der Waals surface area contributed by atoms with Gasteiger partial charge in [0.2, 0.25) is 10.0 Å². The molecule has 0 aromatic heterocycles. The summed E-state index contributed by atoms with van der Waals surface area (Å²) >= 11 is 0. The number of hydrogen-bond acceptors (Lipinski definition) is 4. The Bertz CT molecular complexity index is 627. The van der Waals surface area contributed by atoms with Crippen LogP contribution in [0.1, 0.15) is 31.4 Å². The van der Waals surface area contributed by atoms with Crippen molar-refractivity contribution in [2.45, 2.75) is 32.1 Å². The standard InChI is InChI=1S/C14H18F2N2O3S/c1-11(2)21-10-18(7-6-17)22(19,20)9-12-4-3-5-13(8-12)14(15)16/h3-5,8,11,14H,7,9-10H2,1-2H3. The normalized spacial score (nSPS) is 12.1. The predicted octanol–water partition coefficient (Wildman–Crippen LogP) is 2.66. The number of ether oxygens (including phenoxy) is 1. The minimum Gasteiger partial charge on any atom is -0.362 e. The highest BCUT2D eigenvalue weighted by atomic mass is 32.2. The van der Waals surface area contributed by atoms with Crippen LogP contribution in [0.15, 0.2) is 24.3 Å². The Labute approximate surface area is 129 Å². The molecular weight excluding hydrogens is 314 g/mol. The van der Waals surface area contributed by atoms with Crippen molar-refractivity contribution in [3.8, 4) is 6.07 Å². The van der Waals surface area contributed by atoms with Crippen molar-refractivity contribution in [3.05, 3.63) is 35.4 Å². The number of sulfonamides is 1. The number of rotatable bonds is 8. The Morgan fingerprint density at radius 3 is 2.59 bits per heavy atom. The van der Waals surface area contributed by atoms with Gasteiger partial charge in [-0.3, -0.25) is 0 Å². The molecule has 0 unspecified atom stereocenters. The summed E-state index contributed by atoms with van der Waals surface area (Å²) in [5.41, 5.74) is 0.00301. The van der Waals surface area contributed by atoms with E-state index in [1.54, 1.807) is 19.9 Å². The minimum absolute atomic E-state index is 0.196. The molecule has 1 rings (SSSR count). The highest BCUT2D eigenvalue weighted by Gasteiger charge is 2.23. The van der Waals surface area contributed by atoms with Crippen molar-refractivity contribution in [2.24, 2.45) is 0 Å². The van der Waals surface area contributed by atoms with E-state index in [0.717, 1.165) is 10.4 Å². The van der Waals surface area contributed by atoms with Crippen LogP contribution < -0.4 is 0 Å². The van der Waals surface area contributed by atoms with Crippen molar-refractivity contribution in [1.82, 2.24) is 4.31 Å². The fourth-order valence-electron chi connectivity index (χ4n) is 1.66. The van der Waals surface area contributed by atoms with Gasteiger partial charge in [0.05, 0.1) is 17.9 Å². The lowest BCUT2D eigenvalue weighted by molar-refractivity contribution is 0.0316. The lowest BCUT2D eigenvalue weighted by Crippen LogP contribution is -2.35. The van der Waals surface area contributed by atoms with Gasteiger partial charge in [0.15, 0.2) is 0 Å². The Kier molecular flexibility index (Phi) is 6.87. The van der Waals surface area contributed by atoms with Gasteiger partial charge in [0.1, 0.15) is 13.3 Å². The lowest BCUT2D eigenvalue weighted by atomic mass is 10.1. The molecule has 0 N–H and O–H groups in total. The monoisotopic (exact) mass is 332 g/mol. The summed E-state index contributed by atoms with van der Waals surface area (Å²) in [6, 6.07) is 6.98. The first-order chi connectivity index (χ1) is 10.3. The van der Waals surface area contributed by atoms with Crippen molar-refractivity contribution >= 4 is 10.0 Å². The fraction of sp³-hybridized carbons (Fsp3) is 0.500. The first kappa shape index (κ1) is 18.5. The van der Waals surface area contributed by atoms with E-state index in [0.29, 0.717) is 0 Å². The zero-order valence-corrected chi connectivity index (χ0v) is 13.2. The molecule has 0 radical (unpaired) electrons. The second-order valence-corrected chi connectivity index (χ2v) is 6.88. The first-order valence-electron chi connectivity index (χ1n) is 6.59. The SMILES string of the molecule is CC(C)OCN(CC#N)S(=O)(=O)Cc1cccc(C(F)F)c1. The third-order valence-electron chi connectivity index (χ3n) is 2.74. The smallest absolute Gasteiger partial charge is 0.263 e. The van der Waals surface area contributed by atoms with Gasteiger partial charge >= 0.3 is 0 Å². The summed E-state index contributed by atoms with van der Waals surface area (Å²) in [4.78, 5) is 0. The summed E-state index contributed by atoms with van der Waals surface area (Å²) < 4.78 is 56.0. The summed E-state index contributed by atoms with van der Waals surface area (Å²) in [5, 5.41) is 8.74. The van der Waals surface area contributed by atoms with Crippen LogP contribution in [0.25, 0.3) is 0 Å². The number of alkyl halides is 2. The lowest BCUT2D eigenvalue weighted by Gasteiger charge is -2.20. The van der Waals surface area contributed by atoms with Gasteiger partial charge in [-0.1, -0.05) is 18.2 Å².